The van der Waals surface area contributed by atoms with Crippen LogP contribution in [0.15, 0.2) is 42.6 Å². The predicted molar refractivity (Wildman–Crippen MR) is 96.7 cm³/mol. The van der Waals surface area contributed by atoms with Gasteiger partial charge in [0.15, 0.2) is 11.9 Å². The Morgan fingerprint density at radius 2 is 2.28 bits per heavy atom. The Hall–Kier alpha value is -2.63. The number of nitrogens with zero attached hydrogens (tertiary/aromatic N) is 3. The smallest absolute Gasteiger partial charge is 0.260 e. The van der Waals surface area contributed by atoms with Crippen LogP contribution in [-0.4, -0.2) is 41.3 Å². The zero-order chi connectivity index (χ0) is 17.6. The Labute approximate surface area is 148 Å². The number of amides is 1. The largest absolute Gasteiger partial charge is 0.481 e. The Kier molecular flexibility index (Phi) is 5.48. The standard InChI is InChI=1S/C19H24N4O2/c1-14-6-3-8-17(12-14)25-15(2)19(24)20-13-16-7-5-11-23(16)18-9-4-10-21-22-18/h3-4,6,8-10,12,15-16H,5,7,11,13H2,1-2H3,(H,20,24)/t15-,16-/m1/s1. The molecule has 0 spiro atoms. The number of carbonyl (C=O) groups excluding carboxylic acids is 1. The first-order chi connectivity index (χ1) is 12.1. The summed E-state index contributed by atoms with van der Waals surface area (Å²) in [6.45, 7) is 5.29. The molecule has 0 radical (unpaired) electrons. The van der Waals surface area contributed by atoms with E-state index in [0.29, 0.717) is 12.3 Å². The molecule has 0 saturated carbocycles. The van der Waals surface area contributed by atoms with Crippen LogP contribution in [0.2, 0.25) is 0 Å². The Balaban J connectivity index is 1.53. The van der Waals surface area contributed by atoms with E-state index in [9.17, 15) is 4.79 Å². The van der Waals surface area contributed by atoms with Gasteiger partial charge < -0.3 is 15.0 Å². The van der Waals surface area contributed by atoms with Crippen molar-refractivity contribution in [3.8, 4) is 5.75 Å². The zero-order valence-electron chi connectivity index (χ0n) is 14.7. The molecule has 6 nitrogen and oxygen atoms in total. The van der Waals surface area contributed by atoms with E-state index >= 15 is 0 Å². The lowest BCUT2D eigenvalue weighted by molar-refractivity contribution is -0.127. The lowest BCUT2D eigenvalue weighted by atomic mass is 10.2. The molecular weight excluding hydrogens is 316 g/mol. The molecule has 2 atom stereocenters. The Morgan fingerprint density at radius 1 is 1.40 bits per heavy atom. The molecule has 0 aliphatic carbocycles. The van der Waals surface area contributed by atoms with Crippen LogP contribution in [-0.2, 0) is 4.79 Å². The summed E-state index contributed by atoms with van der Waals surface area (Å²) in [5.74, 6) is 1.47. The van der Waals surface area contributed by atoms with E-state index in [1.165, 1.54) is 0 Å². The highest BCUT2D eigenvalue weighted by molar-refractivity contribution is 5.80. The van der Waals surface area contributed by atoms with E-state index in [1.807, 2.05) is 43.3 Å². The number of nitrogens with one attached hydrogen (secondary N) is 1. The summed E-state index contributed by atoms with van der Waals surface area (Å²) in [7, 11) is 0. The molecule has 1 amide bonds. The third kappa shape index (κ3) is 4.47. The van der Waals surface area contributed by atoms with Crippen molar-refractivity contribution in [2.75, 3.05) is 18.0 Å². The van der Waals surface area contributed by atoms with E-state index in [2.05, 4.69) is 20.4 Å². The second-order valence-corrected chi connectivity index (χ2v) is 6.39. The highest BCUT2D eigenvalue weighted by atomic mass is 16.5. The number of aromatic nitrogens is 2. The van der Waals surface area contributed by atoms with Gasteiger partial charge in [-0.3, -0.25) is 4.79 Å². The van der Waals surface area contributed by atoms with Crippen molar-refractivity contribution in [2.24, 2.45) is 0 Å². The van der Waals surface area contributed by atoms with Gasteiger partial charge in [-0.1, -0.05) is 12.1 Å². The molecular formula is C19H24N4O2. The molecule has 6 heteroatoms. The molecule has 2 heterocycles. The summed E-state index contributed by atoms with van der Waals surface area (Å²) in [6, 6.07) is 11.8. The average Bonchev–Trinajstić information content (AvgIpc) is 3.09. The third-order valence-electron chi connectivity index (χ3n) is 4.41. The number of hydrogen-bond acceptors (Lipinski definition) is 5. The van der Waals surface area contributed by atoms with Gasteiger partial charge >= 0.3 is 0 Å². The van der Waals surface area contributed by atoms with Gasteiger partial charge in [0, 0.05) is 25.3 Å². The van der Waals surface area contributed by atoms with Crippen LogP contribution >= 0.6 is 0 Å². The summed E-state index contributed by atoms with van der Waals surface area (Å²) in [5.41, 5.74) is 1.11. The molecule has 1 saturated heterocycles. The van der Waals surface area contributed by atoms with Gasteiger partial charge in [-0.2, -0.15) is 5.10 Å². The minimum Gasteiger partial charge on any atom is -0.481 e. The number of ether oxygens (including phenoxy) is 1. The van der Waals surface area contributed by atoms with Crippen LogP contribution in [0.3, 0.4) is 0 Å². The topological polar surface area (TPSA) is 67.3 Å². The number of benzene rings is 1. The maximum atomic E-state index is 12.3. The highest BCUT2D eigenvalue weighted by Crippen LogP contribution is 2.22. The molecule has 1 aliphatic heterocycles. The molecule has 1 fully saturated rings. The molecule has 25 heavy (non-hydrogen) atoms. The molecule has 132 valence electrons. The minimum atomic E-state index is -0.534. The first kappa shape index (κ1) is 17.2. The Morgan fingerprint density at radius 3 is 3.04 bits per heavy atom. The molecule has 1 aromatic carbocycles. The van der Waals surface area contributed by atoms with E-state index in [1.54, 1.807) is 13.1 Å². The van der Waals surface area contributed by atoms with Crippen molar-refractivity contribution >= 4 is 11.7 Å². The van der Waals surface area contributed by atoms with Gasteiger partial charge in [0.05, 0.1) is 0 Å². The van der Waals surface area contributed by atoms with Crippen molar-refractivity contribution in [2.45, 2.75) is 38.8 Å². The fraction of sp³-hybridized carbons (Fsp3) is 0.421. The third-order valence-corrected chi connectivity index (χ3v) is 4.41. The second-order valence-electron chi connectivity index (χ2n) is 6.39. The lowest BCUT2D eigenvalue weighted by Crippen LogP contribution is -2.44. The van der Waals surface area contributed by atoms with Crippen molar-refractivity contribution in [1.29, 1.82) is 0 Å². The molecule has 1 N–H and O–H groups in total. The summed E-state index contributed by atoms with van der Waals surface area (Å²) in [5, 5.41) is 11.1. The van der Waals surface area contributed by atoms with Gasteiger partial charge in [-0.15, -0.1) is 5.10 Å². The normalized spacial score (nSPS) is 18.0. The lowest BCUT2D eigenvalue weighted by Gasteiger charge is -2.26. The predicted octanol–water partition coefficient (Wildman–Crippen LogP) is 2.34. The van der Waals surface area contributed by atoms with Crippen LogP contribution in [0.4, 0.5) is 5.82 Å². The van der Waals surface area contributed by atoms with Gasteiger partial charge in [-0.05, 0) is 56.5 Å². The van der Waals surface area contributed by atoms with Crippen LogP contribution in [0.5, 0.6) is 5.75 Å². The Bertz CT molecular complexity index is 708. The summed E-state index contributed by atoms with van der Waals surface area (Å²) < 4.78 is 5.74. The van der Waals surface area contributed by atoms with Crippen molar-refractivity contribution < 1.29 is 9.53 Å². The molecule has 1 aliphatic rings. The van der Waals surface area contributed by atoms with E-state index in [-0.39, 0.29) is 11.9 Å². The van der Waals surface area contributed by atoms with E-state index in [0.717, 1.165) is 30.8 Å². The number of rotatable bonds is 6. The van der Waals surface area contributed by atoms with Gasteiger partial charge in [0.2, 0.25) is 0 Å². The number of carbonyl (C=O) groups is 1. The molecule has 0 unspecified atom stereocenters. The number of anilines is 1. The van der Waals surface area contributed by atoms with Crippen LogP contribution < -0.4 is 15.0 Å². The number of hydrogen-bond donors (Lipinski definition) is 1. The van der Waals surface area contributed by atoms with Crippen molar-refractivity contribution in [3.63, 3.8) is 0 Å². The van der Waals surface area contributed by atoms with Gasteiger partial charge in [-0.25, -0.2) is 0 Å². The molecule has 3 rings (SSSR count). The summed E-state index contributed by atoms with van der Waals surface area (Å²) in [4.78, 5) is 14.6. The maximum absolute atomic E-state index is 12.3. The fourth-order valence-corrected chi connectivity index (χ4v) is 3.10. The van der Waals surface area contributed by atoms with Gasteiger partial charge in [0.1, 0.15) is 5.75 Å². The minimum absolute atomic E-state index is 0.104. The highest BCUT2D eigenvalue weighted by Gasteiger charge is 2.27. The molecule has 1 aromatic heterocycles. The van der Waals surface area contributed by atoms with Gasteiger partial charge in [0.25, 0.3) is 5.91 Å². The molecule has 2 aromatic rings. The number of aryl methyl sites for hydroxylation is 1. The van der Waals surface area contributed by atoms with E-state index in [4.69, 9.17) is 4.74 Å². The van der Waals surface area contributed by atoms with Crippen molar-refractivity contribution in [3.05, 3.63) is 48.2 Å². The fourth-order valence-electron chi connectivity index (χ4n) is 3.10. The monoisotopic (exact) mass is 340 g/mol. The van der Waals surface area contributed by atoms with E-state index < -0.39 is 6.10 Å². The average molecular weight is 340 g/mol. The van der Waals surface area contributed by atoms with Crippen LogP contribution in [0.25, 0.3) is 0 Å². The quantitative estimate of drug-likeness (QED) is 0.874. The summed E-state index contributed by atoms with van der Waals surface area (Å²) in [6.07, 6.45) is 3.25. The first-order valence-electron chi connectivity index (χ1n) is 8.69. The SMILES string of the molecule is Cc1cccc(O[C@H](C)C(=O)NC[C@H]2CCCN2c2cccnn2)c1. The first-order valence-corrected chi connectivity index (χ1v) is 8.69. The molecule has 0 bridgehead atoms. The van der Waals surface area contributed by atoms with Crippen molar-refractivity contribution in [1.82, 2.24) is 15.5 Å². The zero-order valence-corrected chi connectivity index (χ0v) is 14.7. The maximum Gasteiger partial charge on any atom is 0.260 e. The summed E-state index contributed by atoms with van der Waals surface area (Å²) >= 11 is 0. The van der Waals surface area contributed by atoms with Crippen LogP contribution in [0.1, 0.15) is 25.3 Å². The second kappa shape index (κ2) is 7.96. The van der Waals surface area contributed by atoms with Crippen LogP contribution in [0, 0.1) is 6.92 Å².